The van der Waals surface area contributed by atoms with Gasteiger partial charge in [0.1, 0.15) is 17.2 Å². The van der Waals surface area contributed by atoms with Gasteiger partial charge in [0.15, 0.2) is 0 Å². The summed E-state index contributed by atoms with van der Waals surface area (Å²) in [5.41, 5.74) is -3.56. The number of halogens is 3. The number of hydrogen-bond acceptors (Lipinski definition) is 5. The molecule has 2 heterocycles. The lowest BCUT2D eigenvalue weighted by molar-refractivity contribution is -0.0500. The minimum atomic E-state index is -5.77. The Morgan fingerprint density at radius 1 is 0.897 bits per heavy atom. The van der Waals surface area contributed by atoms with Gasteiger partial charge in [0.25, 0.3) is 0 Å². The SMILES string of the molecule is O=S(=O)(Oc1ccc2nc3c4c(cccc4c2c1)Oc1ccccc1-3)C(F)(F)F. The van der Waals surface area contributed by atoms with Crippen molar-refractivity contribution in [2.45, 2.75) is 5.51 Å². The van der Waals surface area contributed by atoms with Gasteiger partial charge in [0.2, 0.25) is 0 Å². The summed E-state index contributed by atoms with van der Waals surface area (Å²) in [6.45, 7) is 0. The number of nitrogens with zero attached hydrogens (tertiary/aromatic N) is 1. The molecule has 0 amide bonds. The normalized spacial score (nSPS) is 13.2. The summed E-state index contributed by atoms with van der Waals surface area (Å²) in [5, 5.41) is 1.80. The predicted molar refractivity (Wildman–Crippen MR) is 100 cm³/mol. The van der Waals surface area contributed by atoms with Gasteiger partial charge in [-0.15, -0.1) is 0 Å². The maximum Gasteiger partial charge on any atom is 0.534 e. The molecule has 3 aromatic carbocycles. The highest BCUT2D eigenvalue weighted by Gasteiger charge is 2.48. The standard InChI is InChI=1S/C20H10F3NO4S/c21-20(22,23)29(25,26)28-11-8-9-15-14(10-11)12-5-3-7-17-18(12)19(24-15)13-4-1-2-6-16(13)27-17/h1-10H. The van der Waals surface area contributed by atoms with Crippen LogP contribution in [-0.4, -0.2) is 18.9 Å². The van der Waals surface area contributed by atoms with E-state index >= 15 is 0 Å². The fourth-order valence-electron chi connectivity index (χ4n) is 3.38. The molecule has 5 rings (SSSR count). The Bertz CT molecular complexity index is 1410. The van der Waals surface area contributed by atoms with Gasteiger partial charge in [-0.25, -0.2) is 4.98 Å². The first-order valence-electron chi connectivity index (χ1n) is 8.39. The van der Waals surface area contributed by atoms with Crippen LogP contribution in [0.2, 0.25) is 0 Å². The zero-order chi connectivity index (χ0) is 20.4. The van der Waals surface area contributed by atoms with Crippen LogP contribution in [0.1, 0.15) is 0 Å². The Labute approximate surface area is 162 Å². The van der Waals surface area contributed by atoms with E-state index < -0.39 is 21.4 Å². The molecule has 0 aliphatic carbocycles. The number of rotatable bonds is 2. The maximum absolute atomic E-state index is 12.6. The minimum absolute atomic E-state index is 0.448. The first kappa shape index (κ1) is 17.7. The van der Waals surface area contributed by atoms with Gasteiger partial charge >= 0.3 is 15.6 Å². The summed E-state index contributed by atoms with van der Waals surface area (Å²) in [4.78, 5) is 4.65. The van der Waals surface area contributed by atoms with Crippen LogP contribution in [0.3, 0.4) is 0 Å². The van der Waals surface area contributed by atoms with Gasteiger partial charge < -0.3 is 8.92 Å². The number of para-hydroxylation sites is 1. The van der Waals surface area contributed by atoms with Crippen LogP contribution in [0.15, 0.2) is 60.7 Å². The fourth-order valence-corrected chi connectivity index (χ4v) is 3.83. The van der Waals surface area contributed by atoms with E-state index in [4.69, 9.17) is 4.74 Å². The number of aromatic nitrogens is 1. The molecule has 1 aromatic heterocycles. The molecule has 1 aliphatic rings. The highest BCUT2D eigenvalue weighted by Crippen LogP contribution is 2.47. The third-order valence-electron chi connectivity index (χ3n) is 4.60. The number of hydrogen-bond donors (Lipinski definition) is 0. The number of benzene rings is 3. The second-order valence-corrected chi connectivity index (χ2v) is 7.94. The van der Waals surface area contributed by atoms with E-state index in [0.717, 1.165) is 11.6 Å². The van der Waals surface area contributed by atoms with E-state index in [1.165, 1.54) is 12.1 Å². The summed E-state index contributed by atoms with van der Waals surface area (Å²) >= 11 is 0. The summed E-state index contributed by atoms with van der Waals surface area (Å²) in [5.74, 6) is 0.755. The Hall–Kier alpha value is -3.33. The second kappa shape index (κ2) is 5.84. The van der Waals surface area contributed by atoms with Crippen LogP contribution in [-0.2, 0) is 10.1 Å². The lowest BCUT2D eigenvalue weighted by Gasteiger charge is -2.21. The van der Waals surface area contributed by atoms with Crippen molar-refractivity contribution in [1.82, 2.24) is 4.98 Å². The average molecular weight is 417 g/mol. The molecule has 9 heteroatoms. The number of pyridine rings is 1. The summed E-state index contributed by atoms with van der Waals surface area (Å²) in [6.07, 6.45) is 0. The van der Waals surface area contributed by atoms with Crippen LogP contribution in [0, 0.1) is 0 Å². The van der Waals surface area contributed by atoms with Crippen molar-refractivity contribution in [3.63, 3.8) is 0 Å². The van der Waals surface area contributed by atoms with Gasteiger partial charge in [-0.2, -0.15) is 21.6 Å². The van der Waals surface area contributed by atoms with Crippen LogP contribution in [0.5, 0.6) is 17.2 Å². The predicted octanol–water partition coefficient (Wildman–Crippen LogP) is 5.39. The molecule has 0 atom stereocenters. The highest BCUT2D eigenvalue weighted by molar-refractivity contribution is 7.88. The summed E-state index contributed by atoms with van der Waals surface area (Å²) in [6, 6.07) is 16.5. The Kier molecular flexibility index (Phi) is 3.57. The van der Waals surface area contributed by atoms with Crippen LogP contribution >= 0.6 is 0 Å². The van der Waals surface area contributed by atoms with Gasteiger partial charge in [-0.05, 0) is 41.8 Å². The van der Waals surface area contributed by atoms with Crippen LogP contribution in [0.4, 0.5) is 13.2 Å². The lowest BCUT2D eigenvalue weighted by Crippen LogP contribution is -2.28. The van der Waals surface area contributed by atoms with Gasteiger partial charge in [0.05, 0.1) is 16.6 Å². The van der Waals surface area contributed by atoms with Crippen molar-refractivity contribution in [3.05, 3.63) is 60.7 Å². The van der Waals surface area contributed by atoms with E-state index in [1.807, 2.05) is 24.3 Å². The first-order valence-corrected chi connectivity index (χ1v) is 9.80. The molecule has 0 fully saturated rings. The molecule has 0 saturated carbocycles. The molecule has 29 heavy (non-hydrogen) atoms. The van der Waals surface area contributed by atoms with E-state index in [0.29, 0.717) is 38.9 Å². The molecule has 146 valence electrons. The summed E-state index contributed by atoms with van der Waals surface area (Å²) in [7, 11) is -5.77. The lowest BCUT2D eigenvalue weighted by atomic mass is 9.97. The monoisotopic (exact) mass is 417 g/mol. The second-order valence-electron chi connectivity index (χ2n) is 6.40. The molecule has 0 spiro atoms. The zero-order valence-corrected chi connectivity index (χ0v) is 15.2. The highest BCUT2D eigenvalue weighted by atomic mass is 32.2. The van der Waals surface area contributed by atoms with Crippen LogP contribution in [0.25, 0.3) is 32.9 Å². The Morgan fingerprint density at radius 3 is 2.45 bits per heavy atom. The third-order valence-corrected chi connectivity index (χ3v) is 5.58. The van der Waals surface area contributed by atoms with Crippen molar-refractivity contribution in [2.75, 3.05) is 0 Å². The number of alkyl halides is 3. The average Bonchev–Trinajstić information content (AvgIpc) is 2.67. The van der Waals surface area contributed by atoms with E-state index in [9.17, 15) is 21.6 Å². The molecule has 0 radical (unpaired) electrons. The molecule has 1 aliphatic heterocycles. The molecule has 5 nitrogen and oxygen atoms in total. The summed E-state index contributed by atoms with van der Waals surface area (Å²) < 4.78 is 70.8. The largest absolute Gasteiger partial charge is 0.534 e. The fraction of sp³-hybridized carbons (Fsp3) is 0.0500. The number of fused-ring (bicyclic) bond motifs is 4. The Morgan fingerprint density at radius 2 is 1.66 bits per heavy atom. The van der Waals surface area contributed by atoms with Gasteiger partial charge in [-0.1, -0.05) is 24.3 Å². The smallest absolute Gasteiger partial charge is 0.456 e. The topological polar surface area (TPSA) is 65.5 Å². The quantitative estimate of drug-likeness (QED) is 0.219. The molecule has 0 saturated heterocycles. The first-order chi connectivity index (χ1) is 13.7. The minimum Gasteiger partial charge on any atom is -0.456 e. The molecular weight excluding hydrogens is 407 g/mol. The van der Waals surface area contributed by atoms with Crippen molar-refractivity contribution >= 4 is 31.8 Å². The molecule has 0 unspecified atom stereocenters. The maximum atomic E-state index is 12.6. The van der Waals surface area contributed by atoms with Gasteiger partial charge in [0, 0.05) is 10.9 Å². The van der Waals surface area contributed by atoms with Crippen molar-refractivity contribution < 1.29 is 30.5 Å². The van der Waals surface area contributed by atoms with Crippen molar-refractivity contribution in [1.29, 1.82) is 0 Å². The molecular formula is C20H10F3NO4S. The van der Waals surface area contributed by atoms with E-state index in [-0.39, 0.29) is 0 Å². The van der Waals surface area contributed by atoms with Gasteiger partial charge in [-0.3, -0.25) is 0 Å². The molecule has 0 bridgehead atoms. The van der Waals surface area contributed by atoms with Crippen molar-refractivity contribution in [2.24, 2.45) is 0 Å². The zero-order valence-electron chi connectivity index (χ0n) is 14.4. The molecule has 4 aromatic rings. The Balaban J connectivity index is 1.76. The third kappa shape index (κ3) is 2.69. The van der Waals surface area contributed by atoms with Crippen molar-refractivity contribution in [3.8, 4) is 28.5 Å². The van der Waals surface area contributed by atoms with E-state index in [2.05, 4.69) is 9.17 Å². The molecule has 0 N–H and O–H groups in total. The number of ether oxygens (including phenoxy) is 1. The van der Waals surface area contributed by atoms with Crippen LogP contribution < -0.4 is 8.92 Å². The van der Waals surface area contributed by atoms with E-state index in [1.54, 1.807) is 18.2 Å².